The molecule has 1 saturated heterocycles. The van der Waals surface area contributed by atoms with Crippen molar-refractivity contribution in [2.75, 3.05) is 13.2 Å². The van der Waals surface area contributed by atoms with Crippen LogP contribution in [0.2, 0.25) is 0 Å². The first-order valence-electron chi connectivity index (χ1n) is 8.29. The first-order chi connectivity index (χ1) is 10.6. The number of fused-ring (bicyclic) bond motifs is 1. The average molecular weight is 312 g/mol. The van der Waals surface area contributed by atoms with E-state index >= 15 is 0 Å². The molecule has 2 saturated carbocycles. The van der Waals surface area contributed by atoms with E-state index in [2.05, 4.69) is 0 Å². The Morgan fingerprint density at radius 1 is 0.909 bits per heavy atom. The summed E-state index contributed by atoms with van der Waals surface area (Å²) >= 11 is 0. The van der Waals surface area contributed by atoms with Crippen molar-refractivity contribution in [1.82, 2.24) is 0 Å². The zero-order chi connectivity index (χ0) is 15.5. The number of aliphatic hydroxyl groups excluding tert-OH is 1. The summed E-state index contributed by atoms with van der Waals surface area (Å²) in [5, 5.41) is 9.56. The zero-order valence-corrected chi connectivity index (χ0v) is 12.7. The zero-order valence-electron chi connectivity index (χ0n) is 12.7. The molecule has 3 fully saturated rings. The summed E-state index contributed by atoms with van der Waals surface area (Å²) in [5.74, 6) is -1.40. The number of hydrogen-bond donors (Lipinski definition) is 1. The van der Waals surface area contributed by atoms with Gasteiger partial charge in [-0.1, -0.05) is 6.42 Å². The second kappa shape index (κ2) is 6.96. The van der Waals surface area contributed by atoms with Crippen LogP contribution in [0.25, 0.3) is 0 Å². The maximum atomic E-state index is 11.6. The maximum absolute atomic E-state index is 11.6. The highest BCUT2D eigenvalue weighted by atomic mass is 16.6. The molecule has 0 aromatic heterocycles. The highest BCUT2D eigenvalue weighted by Gasteiger charge is 2.44. The Morgan fingerprint density at radius 2 is 1.59 bits per heavy atom. The molecular weight excluding hydrogens is 288 g/mol. The molecule has 22 heavy (non-hydrogen) atoms. The van der Waals surface area contributed by atoms with Gasteiger partial charge in [-0.3, -0.25) is 0 Å². The molecule has 1 N–H and O–H groups in total. The number of hydrogen-bond acceptors (Lipinski definition) is 6. The molecule has 124 valence electrons. The number of aliphatic hydroxyl groups is 1. The van der Waals surface area contributed by atoms with Gasteiger partial charge in [0.05, 0.1) is 31.5 Å². The monoisotopic (exact) mass is 312 g/mol. The van der Waals surface area contributed by atoms with Crippen LogP contribution in [0.15, 0.2) is 0 Å². The van der Waals surface area contributed by atoms with Crippen molar-refractivity contribution >= 4 is 11.9 Å². The Labute approximate surface area is 130 Å². The van der Waals surface area contributed by atoms with Gasteiger partial charge >= 0.3 is 11.9 Å². The molecule has 0 amide bonds. The van der Waals surface area contributed by atoms with Crippen LogP contribution in [0.5, 0.6) is 0 Å². The van der Waals surface area contributed by atoms with E-state index < -0.39 is 11.9 Å². The molecule has 0 bridgehead atoms. The molecular formula is C16H24O6. The average Bonchev–Trinajstić information content (AvgIpc) is 3.29. The highest BCUT2D eigenvalue weighted by molar-refractivity contribution is 6.29. The summed E-state index contributed by atoms with van der Waals surface area (Å²) in [6.07, 6.45) is 6.63. The van der Waals surface area contributed by atoms with Gasteiger partial charge in [-0.15, -0.1) is 0 Å². The maximum Gasteiger partial charge on any atom is 0.417 e. The van der Waals surface area contributed by atoms with Gasteiger partial charge in [0, 0.05) is 0 Å². The lowest BCUT2D eigenvalue weighted by Gasteiger charge is -2.25. The largest absolute Gasteiger partial charge is 0.457 e. The Balaban J connectivity index is 1.32. The fourth-order valence-electron chi connectivity index (χ4n) is 3.56. The fourth-order valence-corrected chi connectivity index (χ4v) is 3.56. The lowest BCUT2D eigenvalue weighted by Crippen LogP contribution is -2.28. The van der Waals surface area contributed by atoms with Crippen molar-refractivity contribution in [1.29, 1.82) is 0 Å². The third-order valence-corrected chi connectivity index (χ3v) is 4.93. The molecule has 2 aliphatic carbocycles. The van der Waals surface area contributed by atoms with E-state index in [0.717, 1.165) is 38.5 Å². The van der Waals surface area contributed by atoms with Gasteiger partial charge < -0.3 is 19.3 Å². The summed E-state index contributed by atoms with van der Waals surface area (Å²) < 4.78 is 15.5. The summed E-state index contributed by atoms with van der Waals surface area (Å²) in [6, 6.07) is 0. The van der Waals surface area contributed by atoms with Crippen LogP contribution in [0.4, 0.5) is 0 Å². The quantitative estimate of drug-likeness (QED) is 0.477. The van der Waals surface area contributed by atoms with Crippen LogP contribution >= 0.6 is 0 Å². The van der Waals surface area contributed by atoms with E-state index in [1.165, 1.54) is 0 Å². The molecule has 5 unspecified atom stereocenters. The molecule has 3 aliphatic rings. The molecule has 6 heteroatoms. The van der Waals surface area contributed by atoms with E-state index in [-0.39, 0.29) is 31.2 Å². The predicted octanol–water partition coefficient (Wildman–Crippen LogP) is 1.19. The molecule has 1 heterocycles. The first kappa shape index (κ1) is 15.7. The Bertz CT molecular complexity index is 403. The number of carbonyl (C=O) groups is 2. The summed E-state index contributed by atoms with van der Waals surface area (Å²) in [7, 11) is 0. The van der Waals surface area contributed by atoms with Crippen LogP contribution in [-0.4, -0.2) is 48.6 Å². The molecule has 0 spiro atoms. The van der Waals surface area contributed by atoms with Crippen LogP contribution in [0.3, 0.4) is 0 Å². The van der Waals surface area contributed by atoms with Gasteiger partial charge in [-0.05, 0) is 50.4 Å². The molecule has 0 aromatic rings. The van der Waals surface area contributed by atoms with Crippen molar-refractivity contribution in [3.63, 3.8) is 0 Å². The first-order valence-corrected chi connectivity index (χ1v) is 8.29. The van der Waals surface area contributed by atoms with Crippen LogP contribution in [0.1, 0.15) is 44.9 Å². The third-order valence-electron chi connectivity index (χ3n) is 4.93. The fraction of sp³-hybridized carbons (Fsp3) is 0.875. The van der Waals surface area contributed by atoms with Crippen LogP contribution < -0.4 is 0 Å². The second-order valence-electron chi connectivity index (χ2n) is 6.78. The van der Waals surface area contributed by atoms with Crippen molar-refractivity contribution in [3.05, 3.63) is 0 Å². The standard InChI is InChI=1S/C16H24O6/c17-12-3-1-2-10(6-12)8-20-15(18)16(19)21-9-11-4-5-13-14(7-11)22-13/h10-14,17H,1-9H2. The number of ether oxygens (including phenoxy) is 3. The molecule has 5 atom stereocenters. The van der Waals surface area contributed by atoms with Gasteiger partial charge in [-0.25, -0.2) is 9.59 Å². The topological polar surface area (TPSA) is 85.4 Å². The minimum atomic E-state index is -0.920. The Hall–Kier alpha value is -1.14. The molecule has 6 nitrogen and oxygen atoms in total. The summed E-state index contributed by atoms with van der Waals surface area (Å²) in [5.41, 5.74) is 0. The van der Waals surface area contributed by atoms with Gasteiger partial charge in [0.1, 0.15) is 0 Å². The van der Waals surface area contributed by atoms with Gasteiger partial charge in [0.15, 0.2) is 0 Å². The predicted molar refractivity (Wildman–Crippen MR) is 75.9 cm³/mol. The third kappa shape index (κ3) is 4.20. The molecule has 1 aliphatic heterocycles. The number of esters is 2. The molecule has 0 radical (unpaired) electrons. The molecule has 0 aromatic carbocycles. The SMILES string of the molecule is O=C(OCC1CCCC(O)C1)C(=O)OCC1CCC2OC2C1. The van der Waals surface area contributed by atoms with Crippen molar-refractivity contribution < 1.29 is 28.9 Å². The molecule has 3 rings (SSSR count). The van der Waals surface area contributed by atoms with Crippen molar-refractivity contribution in [2.24, 2.45) is 11.8 Å². The minimum Gasteiger partial charge on any atom is -0.457 e. The lowest BCUT2D eigenvalue weighted by atomic mass is 9.88. The van der Waals surface area contributed by atoms with Crippen molar-refractivity contribution in [2.45, 2.75) is 63.3 Å². The van der Waals surface area contributed by atoms with E-state index in [0.29, 0.717) is 18.6 Å². The summed E-state index contributed by atoms with van der Waals surface area (Å²) in [6.45, 7) is 0.453. The van der Waals surface area contributed by atoms with Gasteiger partial charge in [0.2, 0.25) is 0 Å². The highest BCUT2D eigenvalue weighted by Crippen LogP contribution is 2.39. The van der Waals surface area contributed by atoms with E-state index in [9.17, 15) is 14.7 Å². The normalized spacial score (nSPS) is 37.0. The smallest absolute Gasteiger partial charge is 0.417 e. The van der Waals surface area contributed by atoms with Crippen molar-refractivity contribution in [3.8, 4) is 0 Å². The van der Waals surface area contributed by atoms with Gasteiger partial charge in [0.25, 0.3) is 0 Å². The van der Waals surface area contributed by atoms with Gasteiger partial charge in [-0.2, -0.15) is 0 Å². The van der Waals surface area contributed by atoms with E-state index in [4.69, 9.17) is 14.2 Å². The minimum absolute atomic E-state index is 0.141. The summed E-state index contributed by atoms with van der Waals surface area (Å²) in [4.78, 5) is 23.3. The van der Waals surface area contributed by atoms with Crippen LogP contribution in [-0.2, 0) is 23.8 Å². The lowest BCUT2D eigenvalue weighted by molar-refractivity contribution is -0.169. The van der Waals surface area contributed by atoms with Crippen LogP contribution in [0, 0.1) is 11.8 Å². The van der Waals surface area contributed by atoms with E-state index in [1.54, 1.807) is 0 Å². The number of epoxide rings is 1. The second-order valence-corrected chi connectivity index (χ2v) is 6.78. The number of carbonyl (C=O) groups excluding carboxylic acids is 2. The Kier molecular flexibility index (Phi) is 4.98. The Morgan fingerprint density at radius 3 is 2.23 bits per heavy atom. The van der Waals surface area contributed by atoms with E-state index in [1.807, 2.05) is 0 Å². The number of rotatable bonds is 4.